The second-order valence-electron chi connectivity index (χ2n) is 7.97. The van der Waals surface area contributed by atoms with Crippen LogP contribution in [0, 0.1) is 0 Å². The highest BCUT2D eigenvalue weighted by atomic mass is 16.5. The second kappa shape index (κ2) is 11.4. The van der Waals surface area contributed by atoms with Crippen LogP contribution in [0.4, 0.5) is 17.6 Å². The molecule has 4 aromatic rings. The molecule has 2 N–H and O–H groups in total. The molecule has 2 heterocycles. The molecule has 0 aliphatic heterocycles. The van der Waals surface area contributed by atoms with Crippen molar-refractivity contribution in [2.24, 2.45) is 0 Å². The van der Waals surface area contributed by atoms with Crippen LogP contribution in [0.2, 0.25) is 0 Å². The fraction of sp³-hybridized carbons (Fsp3) is 0.308. The van der Waals surface area contributed by atoms with Crippen molar-refractivity contribution in [2.75, 3.05) is 43.9 Å². The molecule has 0 radical (unpaired) electrons. The number of nitrogens with zero attached hydrogens (tertiary/aromatic N) is 4. The molecule has 9 nitrogen and oxygen atoms in total. The van der Waals surface area contributed by atoms with Gasteiger partial charge in [0.1, 0.15) is 5.58 Å². The maximum Gasteiger partial charge on any atom is 0.344 e. The van der Waals surface area contributed by atoms with Gasteiger partial charge in [-0.1, -0.05) is 44.2 Å². The highest BCUT2D eigenvalue weighted by Gasteiger charge is 2.11. The lowest BCUT2D eigenvalue weighted by molar-refractivity contribution is 0.303. The quantitative estimate of drug-likeness (QED) is 0.239. The fourth-order valence-electron chi connectivity index (χ4n) is 3.76. The average Bonchev–Trinajstić information content (AvgIpc) is 2.88. The summed E-state index contributed by atoms with van der Waals surface area (Å²) < 4.78 is 10.9. The summed E-state index contributed by atoms with van der Waals surface area (Å²) in [6, 6.07) is 17.0. The van der Waals surface area contributed by atoms with Crippen molar-refractivity contribution in [1.82, 2.24) is 19.9 Å². The Morgan fingerprint density at radius 2 is 1.74 bits per heavy atom. The number of methoxy groups -OCH3 is 1. The number of hydrogen-bond donors (Lipinski definition) is 2. The van der Waals surface area contributed by atoms with E-state index in [1.165, 1.54) is 7.11 Å². The number of hydrogen-bond acceptors (Lipinski definition) is 9. The number of benzene rings is 2. The predicted octanol–water partition coefficient (Wildman–Crippen LogP) is 4.54. The lowest BCUT2D eigenvalue weighted by Gasteiger charge is -2.17. The van der Waals surface area contributed by atoms with Crippen LogP contribution in [0.15, 0.2) is 63.8 Å². The van der Waals surface area contributed by atoms with Crippen LogP contribution in [-0.2, 0) is 0 Å². The molecule has 2 aromatic carbocycles. The minimum atomic E-state index is -0.390. The van der Waals surface area contributed by atoms with E-state index in [4.69, 9.17) is 9.15 Å². The Labute approximate surface area is 204 Å². The van der Waals surface area contributed by atoms with Gasteiger partial charge in [0.05, 0.1) is 12.7 Å². The molecule has 0 saturated carbocycles. The molecule has 0 fully saturated rings. The third-order valence-electron chi connectivity index (χ3n) is 5.70. The van der Waals surface area contributed by atoms with Gasteiger partial charge in [-0.25, -0.2) is 4.79 Å². The highest BCUT2D eigenvalue weighted by Crippen LogP contribution is 2.25. The number of ether oxygens (including phenoxy) is 1. The third-order valence-corrected chi connectivity index (χ3v) is 5.70. The molecule has 0 saturated heterocycles. The highest BCUT2D eigenvalue weighted by molar-refractivity contribution is 5.84. The van der Waals surface area contributed by atoms with Crippen molar-refractivity contribution < 1.29 is 9.15 Å². The molecule has 2 aromatic heterocycles. The maximum absolute atomic E-state index is 12.6. The summed E-state index contributed by atoms with van der Waals surface area (Å²) in [5.41, 5.74) is 2.10. The molecule has 0 amide bonds. The number of aromatic nitrogens is 3. The van der Waals surface area contributed by atoms with Crippen molar-refractivity contribution in [2.45, 2.75) is 20.3 Å². The van der Waals surface area contributed by atoms with Gasteiger partial charge in [0.25, 0.3) is 0 Å². The zero-order valence-corrected chi connectivity index (χ0v) is 20.2. The summed E-state index contributed by atoms with van der Waals surface area (Å²) in [5.74, 6) is 0.754. The molecule has 35 heavy (non-hydrogen) atoms. The molecule has 0 unspecified atom stereocenters. The molecule has 182 valence electrons. The lowest BCUT2D eigenvalue weighted by Crippen LogP contribution is -2.25. The first-order valence-corrected chi connectivity index (χ1v) is 11.8. The zero-order chi connectivity index (χ0) is 24.6. The Morgan fingerprint density at radius 1 is 0.971 bits per heavy atom. The fourth-order valence-corrected chi connectivity index (χ4v) is 3.76. The van der Waals surface area contributed by atoms with Crippen LogP contribution in [0.1, 0.15) is 20.3 Å². The Kier molecular flexibility index (Phi) is 7.89. The summed E-state index contributed by atoms with van der Waals surface area (Å²) >= 11 is 0. The van der Waals surface area contributed by atoms with Crippen molar-refractivity contribution in [3.63, 3.8) is 0 Å². The van der Waals surface area contributed by atoms with Crippen molar-refractivity contribution in [1.29, 1.82) is 0 Å². The van der Waals surface area contributed by atoms with Crippen LogP contribution in [0.3, 0.4) is 0 Å². The molecular weight excluding hydrogens is 444 g/mol. The predicted molar refractivity (Wildman–Crippen MR) is 138 cm³/mol. The molecule has 0 bridgehead atoms. The number of fused-ring (bicyclic) bond motifs is 1. The van der Waals surface area contributed by atoms with E-state index in [1.54, 1.807) is 6.07 Å². The van der Waals surface area contributed by atoms with Crippen LogP contribution >= 0.6 is 0 Å². The van der Waals surface area contributed by atoms with E-state index in [0.29, 0.717) is 28.7 Å². The van der Waals surface area contributed by atoms with Gasteiger partial charge in [-0.15, -0.1) is 0 Å². The maximum atomic E-state index is 12.6. The summed E-state index contributed by atoms with van der Waals surface area (Å²) in [6.45, 7) is 8.11. The van der Waals surface area contributed by atoms with Crippen LogP contribution in [0.5, 0.6) is 6.01 Å². The van der Waals surface area contributed by atoms with Crippen LogP contribution in [-0.4, -0.2) is 53.1 Å². The zero-order valence-electron chi connectivity index (χ0n) is 20.2. The molecule has 4 rings (SSSR count). The van der Waals surface area contributed by atoms with Gasteiger partial charge in [0, 0.05) is 23.7 Å². The van der Waals surface area contributed by atoms with Crippen LogP contribution in [0.25, 0.3) is 22.1 Å². The Hall–Kier alpha value is -3.98. The third kappa shape index (κ3) is 6.13. The van der Waals surface area contributed by atoms with E-state index in [0.717, 1.165) is 43.5 Å². The largest absolute Gasteiger partial charge is 0.467 e. The standard InChI is InChI=1S/C26H30N6O3/c1-4-32(5-2)15-9-14-27-24-29-25(31-26(30-24)34-3)28-20-13-12-19-16-21(18-10-7-6-8-11-18)23(33)35-22(19)17-20/h6-8,10-13,16-17H,4-5,9,14-15H2,1-3H3,(H2,27,28,29,30,31). The first kappa shape index (κ1) is 24.2. The van der Waals surface area contributed by atoms with E-state index in [-0.39, 0.29) is 11.6 Å². The van der Waals surface area contributed by atoms with Crippen molar-refractivity contribution in [3.8, 4) is 17.1 Å². The Morgan fingerprint density at radius 3 is 2.49 bits per heavy atom. The van der Waals surface area contributed by atoms with Gasteiger partial charge >= 0.3 is 11.6 Å². The van der Waals surface area contributed by atoms with E-state index in [1.807, 2.05) is 48.5 Å². The molecular formula is C26H30N6O3. The topological polar surface area (TPSA) is 105 Å². The van der Waals surface area contributed by atoms with Gasteiger partial charge < -0.3 is 24.7 Å². The van der Waals surface area contributed by atoms with Crippen LogP contribution < -0.4 is 21.0 Å². The average molecular weight is 475 g/mol. The van der Waals surface area contributed by atoms with E-state index < -0.39 is 0 Å². The van der Waals surface area contributed by atoms with E-state index in [9.17, 15) is 4.79 Å². The Balaban J connectivity index is 1.50. The smallest absolute Gasteiger partial charge is 0.344 e. The summed E-state index contributed by atoms with van der Waals surface area (Å²) in [6.07, 6.45) is 0.965. The number of anilines is 3. The first-order valence-electron chi connectivity index (χ1n) is 11.8. The molecule has 0 atom stereocenters. The van der Waals surface area contributed by atoms with Gasteiger partial charge in [-0.3, -0.25) is 0 Å². The summed E-state index contributed by atoms with van der Waals surface area (Å²) in [5, 5.41) is 7.21. The van der Waals surface area contributed by atoms with E-state index in [2.05, 4.69) is 44.3 Å². The molecule has 0 aliphatic carbocycles. The van der Waals surface area contributed by atoms with Crippen molar-refractivity contribution >= 4 is 28.6 Å². The minimum absolute atomic E-state index is 0.202. The second-order valence-corrected chi connectivity index (χ2v) is 7.97. The lowest BCUT2D eigenvalue weighted by atomic mass is 10.1. The summed E-state index contributed by atoms with van der Waals surface area (Å²) in [4.78, 5) is 28.0. The van der Waals surface area contributed by atoms with E-state index >= 15 is 0 Å². The van der Waals surface area contributed by atoms with Gasteiger partial charge in [-0.05, 0) is 49.8 Å². The normalized spacial score (nSPS) is 11.1. The monoisotopic (exact) mass is 474 g/mol. The minimum Gasteiger partial charge on any atom is -0.467 e. The number of rotatable bonds is 11. The summed E-state index contributed by atoms with van der Waals surface area (Å²) in [7, 11) is 1.51. The Bertz CT molecular complexity index is 1320. The molecule has 9 heteroatoms. The molecule has 0 aliphatic rings. The number of nitrogens with one attached hydrogen (secondary N) is 2. The SMILES string of the molecule is CCN(CC)CCCNc1nc(Nc2ccc3cc(-c4ccccc4)c(=O)oc3c2)nc(OC)n1. The molecule has 0 spiro atoms. The first-order chi connectivity index (χ1) is 17.1. The van der Waals surface area contributed by atoms with Gasteiger partial charge in [0.15, 0.2) is 0 Å². The van der Waals surface area contributed by atoms with Gasteiger partial charge in [-0.2, -0.15) is 15.0 Å². The van der Waals surface area contributed by atoms with Crippen molar-refractivity contribution in [3.05, 3.63) is 65.0 Å². The van der Waals surface area contributed by atoms with Gasteiger partial charge in [0.2, 0.25) is 11.9 Å².